The fourth-order valence-electron chi connectivity index (χ4n) is 1.12. The minimum atomic E-state index is -0.384. The van der Waals surface area contributed by atoms with Crippen molar-refractivity contribution < 1.29 is 5.11 Å². The molecule has 68 valence electrons. The van der Waals surface area contributed by atoms with Gasteiger partial charge in [-0.15, -0.1) is 0 Å². The summed E-state index contributed by atoms with van der Waals surface area (Å²) >= 11 is 3.37. The van der Waals surface area contributed by atoms with E-state index in [1.807, 2.05) is 6.07 Å². The van der Waals surface area contributed by atoms with Gasteiger partial charge in [0.2, 0.25) is 0 Å². The molecular weight excluding hydrogens is 230 g/mol. The number of rotatable bonds is 2. The van der Waals surface area contributed by atoms with Crippen molar-refractivity contribution in [3.63, 3.8) is 0 Å². The summed E-state index contributed by atoms with van der Waals surface area (Å²) in [5.41, 5.74) is 1.59. The number of aliphatic hydroxyl groups is 1. The molecule has 0 unspecified atom stereocenters. The normalized spacial score (nSPS) is 12.2. The van der Waals surface area contributed by atoms with Crippen LogP contribution in [0.15, 0.2) is 22.7 Å². The van der Waals surface area contributed by atoms with Crippen LogP contribution in [-0.2, 0) is 6.42 Å². The first-order valence-corrected chi connectivity index (χ1v) is 4.79. The summed E-state index contributed by atoms with van der Waals surface area (Å²) < 4.78 is 0.937. The lowest BCUT2D eigenvalue weighted by atomic mass is 10.1. The van der Waals surface area contributed by atoms with E-state index in [0.29, 0.717) is 12.0 Å². The van der Waals surface area contributed by atoms with Crippen LogP contribution in [0.1, 0.15) is 18.1 Å². The van der Waals surface area contributed by atoms with E-state index < -0.39 is 0 Å². The van der Waals surface area contributed by atoms with Gasteiger partial charge in [-0.1, -0.05) is 15.9 Å². The fourth-order valence-corrected chi connectivity index (χ4v) is 1.53. The van der Waals surface area contributed by atoms with Gasteiger partial charge in [-0.2, -0.15) is 5.26 Å². The highest BCUT2D eigenvalue weighted by atomic mass is 79.9. The lowest BCUT2D eigenvalue weighted by Crippen LogP contribution is -2.04. The third kappa shape index (κ3) is 2.83. The molecule has 3 heteroatoms. The first-order valence-electron chi connectivity index (χ1n) is 4.00. The Balaban J connectivity index is 2.99. The van der Waals surface area contributed by atoms with E-state index in [-0.39, 0.29) is 6.10 Å². The molecule has 0 fully saturated rings. The average molecular weight is 240 g/mol. The highest BCUT2D eigenvalue weighted by Crippen LogP contribution is 2.19. The first kappa shape index (κ1) is 10.2. The van der Waals surface area contributed by atoms with Crippen molar-refractivity contribution in [2.24, 2.45) is 0 Å². The number of hydrogen-bond acceptors (Lipinski definition) is 2. The van der Waals surface area contributed by atoms with Crippen LogP contribution >= 0.6 is 15.9 Å². The average Bonchev–Trinajstić information content (AvgIpc) is 2.08. The predicted molar refractivity (Wildman–Crippen MR) is 54.2 cm³/mol. The van der Waals surface area contributed by atoms with Crippen molar-refractivity contribution in [2.75, 3.05) is 0 Å². The summed E-state index contributed by atoms with van der Waals surface area (Å²) in [6.07, 6.45) is 0.182. The van der Waals surface area contributed by atoms with E-state index in [4.69, 9.17) is 5.26 Å². The topological polar surface area (TPSA) is 44.0 Å². The second kappa shape index (κ2) is 4.40. The molecule has 0 radical (unpaired) electrons. The largest absolute Gasteiger partial charge is 0.393 e. The standard InChI is InChI=1S/C10H10BrNO/c1-7(13)4-9-5-8(6-12)2-3-10(9)11/h2-3,5,7,13H,4H2,1H3/t7-/m0/s1. The number of nitriles is 1. The van der Waals surface area contributed by atoms with E-state index in [2.05, 4.69) is 22.0 Å². The fraction of sp³-hybridized carbons (Fsp3) is 0.300. The molecule has 1 N–H and O–H groups in total. The van der Waals surface area contributed by atoms with Crippen LogP contribution in [0.3, 0.4) is 0 Å². The molecule has 1 aromatic rings. The number of hydrogen-bond donors (Lipinski definition) is 1. The van der Waals surface area contributed by atoms with Gasteiger partial charge >= 0.3 is 0 Å². The summed E-state index contributed by atoms with van der Waals surface area (Å²) in [7, 11) is 0. The van der Waals surface area contributed by atoms with Gasteiger partial charge in [0.25, 0.3) is 0 Å². The molecule has 0 spiro atoms. The van der Waals surface area contributed by atoms with Gasteiger partial charge in [0.15, 0.2) is 0 Å². The minimum Gasteiger partial charge on any atom is -0.393 e. The van der Waals surface area contributed by atoms with E-state index in [9.17, 15) is 5.11 Å². The van der Waals surface area contributed by atoms with Crippen molar-refractivity contribution in [1.29, 1.82) is 5.26 Å². The van der Waals surface area contributed by atoms with Crippen LogP contribution in [0.4, 0.5) is 0 Å². The van der Waals surface area contributed by atoms with Crippen molar-refractivity contribution >= 4 is 15.9 Å². The Morgan fingerprint density at radius 1 is 1.62 bits per heavy atom. The van der Waals surface area contributed by atoms with Gasteiger partial charge in [0.05, 0.1) is 17.7 Å². The molecule has 0 aliphatic carbocycles. The molecule has 0 saturated heterocycles. The Kier molecular flexibility index (Phi) is 3.47. The number of halogens is 1. The smallest absolute Gasteiger partial charge is 0.0991 e. The van der Waals surface area contributed by atoms with Crippen LogP contribution in [0.5, 0.6) is 0 Å². The van der Waals surface area contributed by atoms with Crippen molar-refractivity contribution in [1.82, 2.24) is 0 Å². The molecule has 1 aromatic carbocycles. The maximum Gasteiger partial charge on any atom is 0.0991 e. The van der Waals surface area contributed by atoms with Crippen LogP contribution in [-0.4, -0.2) is 11.2 Å². The predicted octanol–water partition coefficient (Wildman–Crippen LogP) is 2.24. The lowest BCUT2D eigenvalue weighted by Gasteiger charge is -2.06. The number of nitrogens with zero attached hydrogens (tertiary/aromatic N) is 1. The quantitative estimate of drug-likeness (QED) is 0.861. The van der Waals surface area contributed by atoms with Gasteiger partial charge < -0.3 is 5.11 Å². The molecule has 0 amide bonds. The zero-order valence-electron chi connectivity index (χ0n) is 7.29. The summed E-state index contributed by atoms with van der Waals surface area (Å²) in [5, 5.41) is 17.8. The van der Waals surface area contributed by atoms with Crippen molar-refractivity contribution in [3.8, 4) is 6.07 Å². The Morgan fingerprint density at radius 2 is 2.31 bits per heavy atom. The van der Waals surface area contributed by atoms with Crippen LogP contribution in [0.2, 0.25) is 0 Å². The van der Waals surface area contributed by atoms with E-state index in [1.165, 1.54) is 0 Å². The SMILES string of the molecule is C[C@H](O)Cc1cc(C#N)ccc1Br. The monoisotopic (exact) mass is 239 g/mol. The van der Waals surface area contributed by atoms with Crippen LogP contribution < -0.4 is 0 Å². The zero-order valence-corrected chi connectivity index (χ0v) is 8.87. The van der Waals surface area contributed by atoms with E-state index in [1.54, 1.807) is 19.1 Å². The second-order valence-corrected chi connectivity index (χ2v) is 3.83. The minimum absolute atomic E-state index is 0.384. The molecule has 0 aromatic heterocycles. The molecule has 1 rings (SSSR count). The summed E-state index contributed by atoms with van der Waals surface area (Å²) in [5.74, 6) is 0. The summed E-state index contributed by atoms with van der Waals surface area (Å²) in [6, 6.07) is 7.43. The third-order valence-electron chi connectivity index (χ3n) is 1.69. The van der Waals surface area contributed by atoms with Crippen LogP contribution in [0, 0.1) is 11.3 Å². The molecular formula is C10H10BrNO. The Bertz CT molecular complexity index is 341. The number of benzene rings is 1. The first-order chi connectivity index (χ1) is 6.13. The lowest BCUT2D eigenvalue weighted by molar-refractivity contribution is 0.195. The molecule has 0 aliphatic rings. The summed E-state index contributed by atoms with van der Waals surface area (Å²) in [4.78, 5) is 0. The molecule has 0 saturated carbocycles. The van der Waals surface area contributed by atoms with Crippen molar-refractivity contribution in [2.45, 2.75) is 19.4 Å². The highest BCUT2D eigenvalue weighted by molar-refractivity contribution is 9.10. The molecule has 0 aliphatic heterocycles. The zero-order chi connectivity index (χ0) is 9.84. The Hall–Kier alpha value is -0.850. The Labute approximate surface area is 85.9 Å². The molecule has 0 heterocycles. The van der Waals surface area contributed by atoms with Gasteiger partial charge in [0.1, 0.15) is 0 Å². The van der Waals surface area contributed by atoms with Gasteiger partial charge in [0, 0.05) is 4.47 Å². The molecule has 1 atom stereocenters. The molecule has 2 nitrogen and oxygen atoms in total. The highest BCUT2D eigenvalue weighted by Gasteiger charge is 2.04. The second-order valence-electron chi connectivity index (χ2n) is 2.97. The third-order valence-corrected chi connectivity index (χ3v) is 2.46. The molecule has 13 heavy (non-hydrogen) atoms. The Morgan fingerprint density at radius 3 is 2.85 bits per heavy atom. The van der Waals surface area contributed by atoms with Crippen LogP contribution in [0.25, 0.3) is 0 Å². The number of aliphatic hydroxyl groups excluding tert-OH is 1. The summed E-state index contributed by atoms with van der Waals surface area (Å²) in [6.45, 7) is 1.73. The van der Waals surface area contributed by atoms with Gasteiger partial charge in [-0.05, 0) is 37.1 Å². The van der Waals surface area contributed by atoms with Crippen molar-refractivity contribution in [3.05, 3.63) is 33.8 Å². The maximum absolute atomic E-state index is 9.19. The molecule has 0 bridgehead atoms. The van der Waals surface area contributed by atoms with E-state index in [0.717, 1.165) is 10.0 Å². The maximum atomic E-state index is 9.19. The van der Waals surface area contributed by atoms with E-state index >= 15 is 0 Å². The van der Waals surface area contributed by atoms with Gasteiger partial charge in [-0.3, -0.25) is 0 Å². The van der Waals surface area contributed by atoms with Gasteiger partial charge in [-0.25, -0.2) is 0 Å².